The summed E-state index contributed by atoms with van der Waals surface area (Å²) in [6.45, 7) is 0.546. The Hall–Kier alpha value is -1.07. The molecule has 5 heteroatoms. The molecule has 0 fully saturated rings. The van der Waals surface area contributed by atoms with E-state index in [0.29, 0.717) is 12.1 Å². The fraction of sp³-hybridized carbons (Fsp3) is 0.100. The van der Waals surface area contributed by atoms with Crippen molar-refractivity contribution in [2.45, 2.75) is 6.54 Å². The fourth-order valence-electron chi connectivity index (χ4n) is 1.20. The lowest BCUT2D eigenvalue weighted by Gasteiger charge is -2.02. The van der Waals surface area contributed by atoms with Crippen LogP contribution in [0.25, 0.3) is 0 Å². The Labute approximate surface area is 99.6 Å². The van der Waals surface area contributed by atoms with E-state index in [2.05, 4.69) is 26.2 Å². The average molecular weight is 285 g/mol. The molecule has 0 radical (unpaired) electrons. The second-order valence-electron chi connectivity index (χ2n) is 3.01. The first-order chi connectivity index (χ1) is 7.27. The third-order valence-electron chi connectivity index (χ3n) is 1.98. The standard InChI is InChI=1S/C10H9BrN2OS/c11-9-8(2-4-15-9)10(14)13-6-7-1-3-12-5-7/h1-5,12H,6H2,(H,13,14). The van der Waals surface area contributed by atoms with Crippen molar-refractivity contribution < 1.29 is 4.79 Å². The summed E-state index contributed by atoms with van der Waals surface area (Å²) >= 11 is 4.84. The van der Waals surface area contributed by atoms with Crippen molar-refractivity contribution in [3.05, 3.63) is 44.8 Å². The van der Waals surface area contributed by atoms with Crippen LogP contribution in [-0.2, 0) is 6.54 Å². The van der Waals surface area contributed by atoms with Gasteiger partial charge in [0, 0.05) is 18.9 Å². The number of thiophene rings is 1. The highest BCUT2D eigenvalue weighted by Gasteiger charge is 2.10. The molecule has 0 saturated carbocycles. The number of nitrogens with one attached hydrogen (secondary N) is 2. The van der Waals surface area contributed by atoms with Crippen LogP contribution in [0, 0.1) is 0 Å². The van der Waals surface area contributed by atoms with Gasteiger partial charge in [0.1, 0.15) is 0 Å². The summed E-state index contributed by atoms with van der Waals surface area (Å²) < 4.78 is 0.870. The van der Waals surface area contributed by atoms with E-state index in [1.54, 1.807) is 6.07 Å². The second kappa shape index (κ2) is 4.63. The lowest BCUT2D eigenvalue weighted by atomic mass is 10.3. The van der Waals surface area contributed by atoms with Crippen molar-refractivity contribution >= 4 is 33.2 Å². The largest absolute Gasteiger partial charge is 0.367 e. The number of amides is 1. The number of halogens is 1. The summed E-state index contributed by atoms with van der Waals surface area (Å²) in [5, 5.41) is 4.73. The molecule has 0 aromatic carbocycles. The van der Waals surface area contributed by atoms with Crippen molar-refractivity contribution in [2.24, 2.45) is 0 Å². The molecule has 2 rings (SSSR count). The van der Waals surface area contributed by atoms with Crippen molar-refractivity contribution in [2.75, 3.05) is 0 Å². The minimum atomic E-state index is -0.0516. The predicted octanol–water partition coefficient (Wildman–Crippen LogP) is 2.77. The van der Waals surface area contributed by atoms with Gasteiger partial charge in [-0.3, -0.25) is 4.79 Å². The number of aromatic amines is 1. The van der Waals surface area contributed by atoms with E-state index < -0.39 is 0 Å². The van der Waals surface area contributed by atoms with Crippen molar-refractivity contribution in [3.63, 3.8) is 0 Å². The molecule has 0 saturated heterocycles. The van der Waals surface area contributed by atoms with Gasteiger partial charge in [0.25, 0.3) is 5.91 Å². The summed E-state index contributed by atoms with van der Waals surface area (Å²) in [7, 11) is 0. The Morgan fingerprint density at radius 2 is 2.40 bits per heavy atom. The lowest BCUT2D eigenvalue weighted by molar-refractivity contribution is 0.0950. The molecule has 3 nitrogen and oxygen atoms in total. The number of carbonyl (C=O) groups excluding carboxylic acids is 1. The molecule has 0 aliphatic heterocycles. The van der Waals surface area contributed by atoms with Gasteiger partial charge in [-0.1, -0.05) is 0 Å². The highest BCUT2D eigenvalue weighted by atomic mass is 79.9. The maximum Gasteiger partial charge on any atom is 0.253 e. The molecule has 0 atom stereocenters. The van der Waals surface area contributed by atoms with Crippen LogP contribution in [-0.4, -0.2) is 10.9 Å². The second-order valence-corrected chi connectivity index (χ2v) is 5.24. The van der Waals surface area contributed by atoms with Crippen LogP contribution in [0.3, 0.4) is 0 Å². The molecule has 2 heterocycles. The molecule has 0 bridgehead atoms. The summed E-state index contributed by atoms with van der Waals surface area (Å²) in [6.07, 6.45) is 3.70. The van der Waals surface area contributed by atoms with E-state index in [1.165, 1.54) is 11.3 Å². The van der Waals surface area contributed by atoms with Crippen LogP contribution < -0.4 is 5.32 Å². The topological polar surface area (TPSA) is 44.9 Å². The first-order valence-corrected chi connectivity index (χ1v) is 6.07. The van der Waals surface area contributed by atoms with E-state index >= 15 is 0 Å². The van der Waals surface area contributed by atoms with Crippen LogP contribution in [0.4, 0.5) is 0 Å². The summed E-state index contributed by atoms with van der Waals surface area (Å²) in [4.78, 5) is 14.6. The summed E-state index contributed by atoms with van der Waals surface area (Å²) in [5.74, 6) is -0.0516. The van der Waals surface area contributed by atoms with E-state index in [4.69, 9.17) is 0 Å². The number of H-pyrrole nitrogens is 1. The SMILES string of the molecule is O=C(NCc1cc[nH]c1)c1ccsc1Br. The zero-order chi connectivity index (χ0) is 10.7. The molecule has 0 unspecified atom stereocenters. The van der Waals surface area contributed by atoms with E-state index in [0.717, 1.165) is 9.35 Å². The van der Waals surface area contributed by atoms with Crippen molar-refractivity contribution in [3.8, 4) is 0 Å². The highest BCUT2D eigenvalue weighted by Crippen LogP contribution is 2.23. The molecule has 15 heavy (non-hydrogen) atoms. The van der Waals surface area contributed by atoms with Gasteiger partial charge in [0.2, 0.25) is 0 Å². The van der Waals surface area contributed by atoms with Gasteiger partial charge in [-0.2, -0.15) is 0 Å². The molecule has 2 N–H and O–H groups in total. The van der Waals surface area contributed by atoms with Gasteiger partial charge in [0.15, 0.2) is 0 Å². The van der Waals surface area contributed by atoms with Gasteiger partial charge >= 0.3 is 0 Å². The van der Waals surface area contributed by atoms with Crippen molar-refractivity contribution in [1.82, 2.24) is 10.3 Å². The summed E-state index contributed by atoms with van der Waals surface area (Å²) in [6, 6.07) is 3.74. The van der Waals surface area contributed by atoms with Crippen LogP contribution in [0.2, 0.25) is 0 Å². The van der Waals surface area contributed by atoms with E-state index in [1.807, 2.05) is 23.8 Å². The Kier molecular flexibility index (Phi) is 3.23. The Morgan fingerprint density at radius 3 is 3.00 bits per heavy atom. The van der Waals surface area contributed by atoms with Crippen LogP contribution >= 0.6 is 27.3 Å². The third-order valence-corrected chi connectivity index (χ3v) is 3.66. The maximum atomic E-state index is 11.7. The highest BCUT2D eigenvalue weighted by molar-refractivity contribution is 9.11. The Balaban J connectivity index is 1.96. The van der Waals surface area contributed by atoms with Gasteiger partial charge in [-0.05, 0) is 39.0 Å². The number of carbonyl (C=O) groups is 1. The molecule has 1 amide bonds. The fourth-order valence-corrected chi connectivity index (χ4v) is 2.45. The first-order valence-electron chi connectivity index (χ1n) is 4.40. The smallest absolute Gasteiger partial charge is 0.253 e. The van der Waals surface area contributed by atoms with Crippen molar-refractivity contribution in [1.29, 1.82) is 0 Å². The van der Waals surface area contributed by atoms with Gasteiger partial charge in [-0.15, -0.1) is 11.3 Å². The zero-order valence-corrected chi connectivity index (χ0v) is 10.2. The van der Waals surface area contributed by atoms with E-state index in [9.17, 15) is 4.79 Å². The number of hydrogen-bond donors (Lipinski definition) is 2. The molecule has 78 valence electrons. The van der Waals surface area contributed by atoms with Gasteiger partial charge < -0.3 is 10.3 Å². The van der Waals surface area contributed by atoms with Gasteiger partial charge in [0.05, 0.1) is 9.35 Å². The first kappa shape index (κ1) is 10.4. The molecule has 0 aliphatic carbocycles. The predicted molar refractivity (Wildman–Crippen MR) is 64.0 cm³/mol. The molecule has 0 aliphatic rings. The van der Waals surface area contributed by atoms with Gasteiger partial charge in [-0.25, -0.2) is 0 Å². The quantitative estimate of drug-likeness (QED) is 0.895. The minimum absolute atomic E-state index is 0.0516. The number of aromatic nitrogens is 1. The zero-order valence-electron chi connectivity index (χ0n) is 7.79. The molecule has 2 aromatic heterocycles. The maximum absolute atomic E-state index is 11.7. The molecular formula is C10H9BrN2OS. The Morgan fingerprint density at radius 1 is 1.53 bits per heavy atom. The lowest BCUT2D eigenvalue weighted by Crippen LogP contribution is -2.22. The molecular weight excluding hydrogens is 276 g/mol. The van der Waals surface area contributed by atoms with Crippen LogP contribution in [0.1, 0.15) is 15.9 Å². The van der Waals surface area contributed by atoms with Crippen LogP contribution in [0.5, 0.6) is 0 Å². The Bertz CT molecular complexity index is 450. The summed E-state index contributed by atoms with van der Waals surface area (Å²) in [5.41, 5.74) is 1.75. The average Bonchev–Trinajstić information content (AvgIpc) is 2.84. The van der Waals surface area contributed by atoms with Crippen LogP contribution in [0.15, 0.2) is 33.7 Å². The number of rotatable bonds is 3. The number of hydrogen-bond acceptors (Lipinski definition) is 2. The molecule has 2 aromatic rings. The molecule has 0 spiro atoms. The monoisotopic (exact) mass is 284 g/mol. The normalized spacial score (nSPS) is 10.2. The third kappa shape index (κ3) is 2.49. The van der Waals surface area contributed by atoms with E-state index in [-0.39, 0.29) is 5.91 Å². The minimum Gasteiger partial charge on any atom is -0.367 e.